The van der Waals surface area contributed by atoms with E-state index in [4.69, 9.17) is 0 Å². The Balaban J connectivity index is 1.99. The van der Waals surface area contributed by atoms with E-state index in [1.165, 1.54) is 6.07 Å². The lowest BCUT2D eigenvalue weighted by Gasteiger charge is -2.36. The summed E-state index contributed by atoms with van der Waals surface area (Å²) in [4.78, 5) is 2.06. The number of nitrogens with one attached hydrogen (secondary N) is 1. The van der Waals surface area contributed by atoms with Crippen molar-refractivity contribution in [2.45, 2.75) is 45.7 Å². The van der Waals surface area contributed by atoms with Gasteiger partial charge in [0.05, 0.1) is 11.4 Å². The zero-order valence-electron chi connectivity index (χ0n) is 14.2. The molecule has 0 aliphatic carbocycles. The number of halogens is 1. The minimum Gasteiger partial charge on any atom is -0.368 e. The van der Waals surface area contributed by atoms with Crippen LogP contribution in [0, 0.1) is 12.7 Å². The van der Waals surface area contributed by atoms with Crippen molar-refractivity contribution >= 4 is 15.5 Å². The Morgan fingerprint density at radius 1 is 1.43 bits per heavy atom. The van der Waals surface area contributed by atoms with Crippen molar-refractivity contribution in [1.82, 2.24) is 5.32 Å². The van der Waals surface area contributed by atoms with E-state index in [0.717, 1.165) is 24.9 Å². The second-order valence-electron chi connectivity index (χ2n) is 6.51. The van der Waals surface area contributed by atoms with E-state index in [2.05, 4.69) is 10.2 Å². The molecule has 1 heterocycles. The fourth-order valence-electron chi connectivity index (χ4n) is 3.15. The SMILES string of the molecule is CCS(=O)(=O)CC(C)NC1CCCN(c2cc(C)ccc2F)C1. The molecular weight excluding hydrogens is 315 g/mol. The summed E-state index contributed by atoms with van der Waals surface area (Å²) in [6, 6.07) is 5.26. The molecule has 1 N–H and O–H groups in total. The second kappa shape index (κ2) is 7.62. The van der Waals surface area contributed by atoms with Crippen LogP contribution in [0.25, 0.3) is 0 Å². The normalized spacial score (nSPS) is 20.5. The summed E-state index contributed by atoms with van der Waals surface area (Å²) < 4.78 is 37.5. The quantitative estimate of drug-likeness (QED) is 0.863. The fourth-order valence-corrected chi connectivity index (χ4v) is 4.24. The van der Waals surface area contributed by atoms with Gasteiger partial charge in [-0.3, -0.25) is 0 Å². The largest absolute Gasteiger partial charge is 0.368 e. The van der Waals surface area contributed by atoms with Crippen LogP contribution in [0.1, 0.15) is 32.3 Å². The van der Waals surface area contributed by atoms with E-state index >= 15 is 0 Å². The number of piperidine rings is 1. The van der Waals surface area contributed by atoms with E-state index < -0.39 is 9.84 Å². The summed E-state index contributed by atoms with van der Waals surface area (Å²) >= 11 is 0. The highest BCUT2D eigenvalue weighted by atomic mass is 32.2. The Morgan fingerprint density at radius 2 is 2.17 bits per heavy atom. The molecule has 1 aliphatic rings. The van der Waals surface area contributed by atoms with Crippen molar-refractivity contribution < 1.29 is 12.8 Å². The molecule has 6 heteroatoms. The molecule has 0 radical (unpaired) electrons. The summed E-state index contributed by atoms with van der Waals surface area (Å²) in [5, 5.41) is 3.40. The van der Waals surface area contributed by atoms with Crippen molar-refractivity contribution in [3.63, 3.8) is 0 Å². The van der Waals surface area contributed by atoms with Gasteiger partial charge in [-0.25, -0.2) is 12.8 Å². The molecule has 2 atom stereocenters. The molecule has 1 aromatic rings. The zero-order chi connectivity index (χ0) is 17.0. The highest BCUT2D eigenvalue weighted by Gasteiger charge is 2.24. The monoisotopic (exact) mass is 342 g/mol. The first kappa shape index (κ1) is 18.2. The van der Waals surface area contributed by atoms with E-state index in [9.17, 15) is 12.8 Å². The maximum absolute atomic E-state index is 14.1. The summed E-state index contributed by atoms with van der Waals surface area (Å²) in [5.74, 6) is 0.126. The van der Waals surface area contributed by atoms with Gasteiger partial charge >= 0.3 is 0 Å². The van der Waals surface area contributed by atoms with Crippen molar-refractivity contribution in [2.24, 2.45) is 0 Å². The highest BCUT2D eigenvalue weighted by molar-refractivity contribution is 7.91. The van der Waals surface area contributed by atoms with Crippen LogP contribution in [-0.2, 0) is 9.84 Å². The van der Waals surface area contributed by atoms with E-state index in [-0.39, 0.29) is 29.4 Å². The predicted octanol–water partition coefficient (Wildman–Crippen LogP) is 2.52. The molecular formula is C17H27FN2O2S. The Kier molecular flexibility index (Phi) is 6.03. The maximum Gasteiger partial charge on any atom is 0.151 e. The molecule has 130 valence electrons. The number of hydrogen-bond donors (Lipinski definition) is 1. The molecule has 2 rings (SSSR count). The van der Waals surface area contributed by atoms with Gasteiger partial charge in [-0.05, 0) is 44.4 Å². The van der Waals surface area contributed by atoms with Gasteiger partial charge in [0, 0.05) is 30.9 Å². The number of hydrogen-bond acceptors (Lipinski definition) is 4. The maximum atomic E-state index is 14.1. The van der Waals surface area contributed by atoms with Crippen LogP contribution in [0.3, 0.4) is 0 Å². The Morgan fingerprint density at radius 3 is 2.87 bits per heavy atom. The van der Waals surface area contributed by atoms with Gasteiger partial charge in [0.25, 0.3) is 0 Å². The van der Waals surface area contributed by atoms with Gasteiger partial charge in [0.15, 0.2) is 9.84 Å². The van der Waals surface area contributed by atoms with Crippen molar-refractivity contribution in [3.8, 4) is 0 Å². The van der Waals surface area contributed by atoms with Gasteiger partial charge < -0.3 is 10.2 Å². The number of nitrogens with zero attached hydrogens (tertiary/aromatic N) is 1. The highest BCUT2D eigenvalue weighted by Crippen LogP contribution is 2.24. The van der Waals surface area contributed by atoms with Gasteiger partial charge in [0.1, 0.15) is 5.82 Å². The minimum atomic E-state index is -2.98. The average Bonchev–Trinajstić information content (AvgIpc) is 2.49. The number of sulfone groups is 1. The molecule has 1 saturated heterocycles. The topological polar surface area (TPSA) is 49.4 Å². The van der Waals surface area contributed by atoms with Crippen LogP contribution < -0.4 is 10.2 Å². The molecule has 4 nitrogen and oxygen atoms in total. The third kappa shape index (κ3) is 5.18. The number of rotatable bonds is 6. The second-order valence-corrected chi connectivity index (χ2v) is 8.90. The van der Waals surface area contributed by atoms with Gasteiger partial charge in [-0.15, -0.1) is 0 Å². The van der Waals surface area contributed by atoms with Crippen molar-refractivity contribution in [1.29, 1.82) is 0 Å². The summed E-state index contributed by atoms with van der Waals surface area (Å²) in [6.07, 6.45) is 1.96. The first-order valence-electron chi connectivity index (χ1n) is 8.28. The zero-order valence-corrected chi connectivity index (χ0v) is 15.0. The third-order valence-corrected chi connectivity index (χ3v) is 6.22. The lowest BCUT2D eigenvalue weighted by Crippen LogP contribution is -2.50. The lowest BCUT2D eigenvalue weighted by molar-refractivity contribution is 0.392. The molecule has 0 amide bonds. The standard InChI is InChI=1S/C17H27FN2O2S/c1-4-23(21,22)12-14(3)19-15-6-5-9-20(11-15)17-10-13(2)7-8-16(17)18/h7-8,10,14-15,19H,4-6,9,11-12H2,1-3H3. The van der Waals surface area contributed by atoms with Crippen LogP contribution in [0.2, 0.25) is 0 Å². The molecule has 1 fully saturated rings. The first-order chi connectivity index (χ1) is 10.8. The molecule has 1 aliphatic heterocycles. The van der Waals surface area contributed by atoms with Crippen LogP contribution in [0.5, 0.6) is 0 Å². The number of benzene rings is 1. The summed E-state index contributed by atoms with van der Waals surface area (Å²) in [6.45, 7) is 7.07. The Hall–Kier alpha value is -1.14. The molecule has 0 spiro atoms. The smallest absolute Gasteiger partial charge is 0.151 e. The summed E-state index contributed by atoms with van der Waals surface area (Å²) in [5.41, 5.74) is 1.68. The molecule has 0 aromatic heterocycles. The van der Waals surface area contributed by atoms with Crippen LogP contribution >= 0.6 is 0 Å². The molecule has 23 heavy (non-hydrogen) atoms. The Bertz CT molecular complexity index is 633. The van der Waals surface area contributed by atoms with Crippen LogP contribution in [0.4, 0.5) is 10.1 Å². The van der Waals surface area contributed by atoms with Gasteiger partial charge in [-0.2, -0.15) is 0 Å². The molecule has 2 unspecified atom stereocenters. The lowest BCUT2D eigenvalue weighted by atomic mass is 10.0. The minimum absolute atomic E-state index is 0.0905. The summed E-state index contributed by atoms with van der Waals surface area (Å²) in [7, 11) is -2.98. The van der Waals surface area contributed by atoms with E-state index in [0.29, 0.717) is 12.2 Å². The number of anilines is 1. The average molecular weight is 342 g/mol. The molecule has 0 saturated carbocycles. The molecule has 0 bridgehead atoms. The van der Waals surface area contributed by atoms with Gasteiger partial charge in [0.2, 0.25) is 0 Å². The van der Waals surface area contributed by atoms with Crippen molar-refractivity contribution in [3.05, 3.63) is 29.6 Å². The fraction of sp³-hybridized carbons (Fsp3) is 0.647. The van der Waals surface area contributed by atoms with Gasteiger partial charge in [-0.1, -0.05) is 13.0 Å². The predicted molar refractivity (Wildman–Crippen MR) is 93.3 cm³/mol. The Labute approximate surface area is 139 Å². The van der Waals surface area contributed by atoms with E-state index in [1.54, 1.807) is 13.0 Å². The number of aryl methyl sites for hydroxylation is 1. The van der Waals surface area contributed by atoms with Crippen LogP contribution in [0.15, 0.2) is 18.2 Å². The first-order valence-corrected chi connectivity index (χ1v) is 10.1. The van der Waals surface area contributed by atoms with Crippen molar-refractivity contribution in [2.75, 3.05) is 29.5 Å². The van der Waals surface area contributed by atoms with Crippen LogP contribution in [-0.4, -0.2) is 45.1 Å². The molecule has 1 aromatic carbocycles. The van der Waals surface area contributed by atoms with E-state index in [1.807, 2.05) is 19.9 Å². The third-order valence-electron chi connectivity index (χ3n) is 4.33.